The van der Waals surface area contributed by atoms with Crippen molar-refractivity contribution >= 4 is 33.7 Å². The summed E-state index contributed by atoms with van der Waals surface area (Å²) in [6.45, 7) is 0.694. The number of fused-ring (bicyclic) bond motifs is 3. The van der Waals surface area contributed by atoms with Crippen LogP contribution in [0.25, 0.3) is 21.9 Å². The van der Waals surface area contributed by atoms with E-state index >= 15 is 0 Å². The summed E-state index contributed by atoms with van der Waals surface area (Å²) < 4.78 is 2.10. The van der Waals surface area contributed by atoms with E-state index in [1.807, 2.05) is 24.3 Å². The molecule has 2 aromatic heterocycles. The van der Waals surface area contributed by atoms with Crippen molar-refractivity contribution < 1.29 is 4.79 Å². The highest BCUT2D eigenvalue weighted by atomic mass is 16.1. The van der Waals surface area contributed by atoms with E-state index in [1.165, 1.54) is 0 Å². The fourth-order valence-electron chi connectivity index (χ4n) is 2.96. The molecule has 0 spiro atoms. The molecule has 4 rings (SSSR count). The third-order valence-corrected chi connectivity index (χ3v) is 4.40. The molecule has 1 aliphatic carbocycles. The monoisotopic (exact) mass is 295 g/mol. The van der Waals surface area contributed by atoms with Gasteiger partial charge >= 0.3 is 0 Å². The Morgan fingerprint density at radius 2 is 2.00 bits per heavy atom. The first-order chi connectivity index (χ1) is 10.5. The zero-order valence-electron chi connectivity index (χ0n) is 12.0. The van der Waals surface area contributed by atoms with Crippen molar-refractivity contribution in [3.63, 3.8) is 0 Å². The number of pyridine rings is 1. The second-order valence-electron chi connectivity index (χ2n) is 6.12. The number of para-hydroxylation sites is 1. The average Bonchev–Trinajstić information content (AvgIpc) is 3.14. The quantitative estimate of drug-likeness (QED) is 0.677. The molecule has 0 aliphatic heterocycles. The first kappa shape index (κ1) is 13.1. The maximum absolute atomic E-state index is 11.5. The minimum absolute atomic E-state index is 0.158. The van der Waals surface area contributed by atoms with Crippen LogP contribution in [0.3, 0.4) is 0 Å². The van der Waals surface area contributed by atoms with Gasteiger partial charge in [0.05, 0.1) is 11.1 Å². The van der Waals surface area contributed by atoms with Crippen LogP contribution in [0.15, 0.2) is 30.3 Å². The molecule has 0 unspecified atom stereocenters. The second-order valence-corrected chi connectivity index (χ2v) is 6.12. The highest BCUT2D eigenvalue weighted by molar-refractivity contribution is 6.10. The minimum Gasteiger partial charge on any atom is -0.383 e. The number of rotatable bonds is 3. The van der Waals surface area contributed by atoms with Crippen LogP contribution in [0.2, 0.25) is 0 Å². The number of carbonyl (C=O) groups is 1. The molecule has 22 heavy (non-hydrogen) atoms. The van der Waals surface area contributed by atoms with Crippen LogP contribution in [0.5, 0.6) is 0 Å². The molecule has 112 valence electrons. The van der Waals surface area contributed by atoms with Gasteiger partial charge in [0.2, 0.25) is 0 Å². The second kappa shape index (κ2) is 4.20. The highest BCUT2D eigenvalue weighted by Gasteiger charge is 2.39. The van der Waals surface area contributed by atoms with E-state index in [2.05, 4.69) is 9.55 Å². The Morgan fingerprint density at radius 1 is 1.27 bits per heavy atom. The lowest BCUT2D eigenvalue weighted by Gasteiger charge is -2.12. The van der Waals surface area contributed by atoms with Gasteiger partial charge in [-0.1, -0.05) is 18.2 Å². The van der Waals surface area contributed by atoms with Crippen LogP contribution in [0, 0.1) is 0 Å². The van der Waals surface area contributed by atoms with Crippen LogP contribution in [-0.4, -0.2) is 21.0 Å². The molecule has 2 heterocycles. The summed E-state index contributed by atoms with van der Waals surface area (Å²) in [6, 6.07) is 9.71. The van der Waals surface area contributed by atoms with E-state index in [-0.39, 0.29) is 16.9 Å². The first-order valence-electron chi connectivity index (χ1n) is 7.25. The fraction of sp³-hybridized carbons (Fsp3) is 0.250. The molecule has 6 heteroatoms. The number of nitrogens with two attached hydrogens (primary N) is 3. The van der Waals surface area contributed by atoms with Crippen molar-refractivity contribution in [1.82, 2.24) is 9.55 Å². The molecular weight excluding hydrogens is 278 g/mol. The number of nitrogen functional groups attached to an aromatic ring is 1. The maximum atomic E-state index is 11.5. The lowest BCUT2D eigenvalue weighted by Crippen LogP contribution is -2.28. The number of amides is 1. The Bertz CT molecular complexity index is 923. The third kappa shape index (κ3) is 1.84. The average molecular weight is 295 g/mol. The Hall–Kier alpha value is -2.60. The summed E-state index contributed by atoms with van der Waals surface area (Å²) in [6.07, 6.45) is 2.02. The number of carbonyl (C=O) groups excluding carboxylic acids is 1. The summed E-state index contributed by atoms with van der Waals surface area (Å²) in [4.78, 5) is 16.0. The molecule has 1 amide bonds. The number of primary amides is 1. The van der Waals surface area contributed by atoms with Crippen molar-refractivity contribution in [3.8, 4) is 0 Å². The maximum Gasteiger partial charge on any atom is 0.252 e. The molecule has 0 atom stereocenters. The molecule has 1 saturated carbocycles. The smallest absolute Gasteiger partial charge is 0.252 e. The van der Waals surface area contributed by atoms with E-state index in [0.717, 1.165) is 34.8 Å². The largest absolute Gasteiger partial charge is 0.383 e. The molecule has 6 nitrogen and oxygen atoms in total. The third-order valence-electron chi connectivity index (χ3n) is 4.40. The molecule has 3 aromatic rings. The van der Waals surface area contributed by atoms with E-state index < -0.39 is 5.91 Å². The van der Waals surface area contributed by atoms with Gasteiger partial charge in [-0.05, 0) is 25.0 Å². The topological polar surface area (TPSA) is 113 Å². The lowest BCUT2D eigenvalue weighted by atomic mass is 10.1. The van der Waals surface area contributed by atoms with E-state index in [4.69, 9.17) is 17.2 Å². The molecule has 1 aromatic carbocycles. The molecule has 0 saturated heterocycles. The summed E-state index contributed by atoms with van der Waals surface area (Å²) >= 11 is 0. The van der Waals surface area contributed by atoms with Gasteiger partial charge in [0.1, 0.15) is 11.5 Å². The molecular formula is C16H17N5O. The summed E-state index contributed by atoms with van der Waals surface area (Å²) in [7, 11) is 0. The number of aromatic nitrogens is 2. The van der Waals surface area contributed by atoms with Gasteiger partial charge in [0.25, 0.3) is 5.91 Å². The van der Waals surface area contributed by atoms with Crippen molar-refractivity contribution in [3.05, 3.63) is 35.9 Å². The lowest BCUT2D eigenvalue weighted by molar-refractivity contribution is 0.100. The molecule has 1 fully saturated rings. The van der Waals surface area contributed by atoms with Crippen molar-refractivity contribution in [2.24, 2.45) is 11.5 Å². The minimum atomic E-state index is -0.568. The van der Waals surface area contributed by atoms with Crippen LogP contribution in [0.4, 0.5) is 5.82 Å². The summed E-state index contributed by atoms with van der Waals surface area (Å²) in [5.74, 6) is -0.410. The molecule has 1 aliphatic rings. The van der Waals surface area contributed by atoms with Crippen LogP contribution in [0.1, 0.15) is 23.2 Å². The Labute approximate surface area is 126 Å². The van der Waals surface area contributed by atoms with Gasteiger partial charge in [-0.15, -0.1) is 0 Å². The van der Waals surface area contributed by atoms with Crippen molar-refractivity contribution in [1.29, 1.82) is 0 Å². The molecule has 0 bridgehead atoms. The van der Waals surface area contributed by atoms with Gasteiger partial charge in [-0.3, -0.25) is 4.79 Å². The fourth-order valence-corrected chi connectivity index (χ4v) is 2.96. The normalized spacial score (nSPS) is 16.2. The predicted molar refractivity (Wildman–Crippen MR) is 86.3 cm³/mol. The van der Waals surface area contributed by atoms with Crippen molar-refractivity contribution in [2.75, 3.05) is 5.73 Å². The van der Waals surface area contributed by atoms with Gasteiger partial charge < -0.3 is 21.8 Å². The van der Waals surface area contributed by atoms with E-state index in [0.29, 0.717) is 6.54 Å². The molecule has 6 N–H and O–H groups in total. The zero-order valence-corrected chi connectivity index (χ0v) is 12.0. The number of nitrogens with zero attached hydrogens (tertiary/aromatic N) is 2. The number of hydrogen-bond acceptors (Lipinski definition) is 4. The summed E-state index contributed by atoms with van der Waals surface area (Å²) in [5, 5.41) is 1.90. The highest BCUT2D eigenvalue weighted by Crippen LogP contribution is 2.37. The molecule has 0 radical (unpaired) electrons. The first-order valence-corrected chi connectivity index (χ1v) is 7.25. The van der Waals surface area contributed by atoms with Crippen molar-refractivity contribution in [2.45, 2.75) is 24.9 Å². The van der Waals surface area contributed by atoms with Crippen LogP contribution < -0.4 is 17.2 Å². The Kier molecular flexibility index (Phi) is 2.50. The van der Waals surface area contributed by atoms with Crippen LogP contribution in [-0.2, 0) is 6.54 Å². The van der Waals surface area contributed by atoms with Crippen LogP contribution >= 0.6 is 0 Å². The van der Waals surface area contributed by atoms with Gasteiger partial charge in [-0.25, -0.2) is 4.98 Å². The SMILES string of the molecule is NC(=O)c1cc2c3ccccc3n(CC3(N)CC3)c2nc1N. The number of anilines is 1. The zero-order chi connectivity index (χ0) is 15.5. The standard InChI is InChI=1S/C16H17N5O/c17-13-11(14(18)22)7-10-9-3-1-2-4-12(9)21(15(10)20-13)8-16(19)5-6-16/h1-4,7H,5-6,8,19H2,(H2,17,20)(H2,18,22). The predicted octanol–water partition coefficient (Wildman–Crippen LogP) is 1.36. The summed E-state index contributed by atoms with van der Waals surface area (Å²) in [5.41, 5.74) is 19.5. The number of hydrogen-bond donors (Lipinski definition) is 3. The van der Waals surface area contributed by atoms with Gasteiger partial charge in [-0.2, -0.15) is 0 Å². The van der Waals surface area contributed by atoms with Gasteiger partial charge in [0, 0.05) is 22.9 Å². The van der Waals surface area contributed by atoms with Gasteiger partial charge in [0.15, 0.2) is 0 Å². The van der Waals surface area contributed by atoms with E-state index in [9.17, 15) is 4.79 Å². The number of benzene rings is 1. The van der Waals surface area contributed by atoms with E-state index in [1.54, 1.807) is 6.07 Å². The Balaban J connectivity index is 2.07. The Morgan fingerprint density at radius 3 is 2.68 bits per heavy atom.